The van der Waals surface area contributed by atoms with Crippen molar-refractivity contribution in [2.24, 2.45) is 5.73 Å². The summed E-state index contributed by atoms with van der Waals surface area (Å²) in [6.45, 7) is 8.30. The summed E-state index contributed by atoms with van der Waals surface area (Å²) in [6.07, 6.45) is 3.11. The van der Waals surface area contributed by atoms with E-state index in [0.717, 1.165) is 32.4 Å². The Labute approximate surface area is 124 Å². The Hall–Kier alpha value is -1.06. The summed E-state index contributed by atoms with van der Waals surface area (Å²) in [6, 6.07) is 9.60. The number of hydrogen-bond donors (Lipinski definition) is 1. The normalized spacial score (nSPS) is 14.1. The number of methoxy groups -OCH3 is 1. The summed E-state index contributed by atoms with van der Waals surface area (Å²) < 4.78 is 5.22. The van der Waals surface area contributed by atoms with Gasteiger partial charge in [-0.25, -0.2) is 0 Å². The first-order chi connectivity index (χ1) is 9.62. The quantitative estimate of drug-likeness (QED) is 0.754. The van der Waals surface area contributed by atoms with Crippen LogP contribution >= 0.6 is 0 Å². The second-order valence-electron chi connectivity index (χ2n) is 5.48. The zero-order valence-corrected chi connectivity index (χ0v) is 13.4. The van der Waals surface area contributed by atoms with Crippen LogP contribution in [0.2, 0.25) is 0 Å². The molecule has 0 aliphatic rings. The van der Waals surface area contributed by atoms with Gasteiger partial charge in [-0.1, -0.05) is 26.0 Å². The fourth-order valence-corrected chi connectivity index (χ4v) is 2.28. The monoisotopic (exact) mass is 278 g/mol. The molecule has 20 heavy (non-hydrogen) atoms. The van der Waals surface area contributed by atoms with Crippen molar-refractivity contribution in [3.05, 3.63) is 29.8 Å². The SMILES string of the molecule is CCC(N)Cc1ccc(N(CCOC)C(C)CC)cc1. The van der Waals surface area contributed by atoms with E-state index in [2.05, 4.69) is 49.9 Å². The minimum Gasteiger partial charge on any atom is -0.383 e. The fourth-order valence-electron chi connectivity index (χ4n) is 2.28. The largest absolute Gasteiger partial charge is 0.383 e. The van der Waals surface area contributed by atoms with Crippen LogP contribution in [0.25, 0.3) is 0 Å². The number of nitrogens with two attached hydrogens (primary N) is 1. The first kappa shape index (κ1) is 17.0. The minimum absolute atomic E-state index is 0.264. The zero-order chi connectivity index (χ0) is 15.0. The van der Waals surface area contributed by atoms with E-state index in [9.17, 15) is 0 Å². The average Bonchev–Trinajstić information content (AvgIpc) is 2.48. The van der Waals surface area contributed by atoms with Crippen LogP contribution < -0.4 is 10.6 Å². The minimum atomic E-state index is 0.264. The lowest BCUT2D eigenvalue weighted by Gasteiger charge is -2.30. The fraction of sp³-hybridized carbons (Fsp3) is 0.647. The summed E-state index contributed by atoms with van der Waals surface area (Å²) in [5, 5.41) is 0. The van der Waals surface area contributed by atoms with E-state index in [4.69, 9.17) is 10.5 Å². The van der Waals surface area contributed by atoms with Gasteiger partial charge < -0.3 is 15.4 Å². The average molecular weight is 278 g/mol. The maximum absolute atomic E-state index is 6.01. The highest BCUT2D eigenvalue weighted by Gasteiger charge is 2.12. The molecule has 2 N–H and O–H groups in total. The smallest absolute Gasteiger partial charge is 0.0637 e. The predicted octanol–water partition coefficient (Wildman–Crippen LogP) is 3.22. The Morgan fingerprint density at radius 3 is 2.30 bits per heavy atom. The molecule has 0 heterocycles. The van der Waals surface area contributed by atoms with Gasteiger partial charge >= 0.3 is 0 Å². The highest BCUT2D eigenvalue weighted by molar-refractivity contribution is 5.48. The van der Waals surface area contributed by atoms with Crippen molar-refractivity contribution >= 4 is 5.69 Å². The van der Waals surface area contributed by atoms with Gasteiger partial charge in [-0.2, -0.15) is 0 Å². The lowest BCUT2D eigenvalue weighted by molar-refractivity contribution is 0.203. The van der Waals surface area contributed by atoms with Crippen molar-refractivity contribution in [1.29, 1.82) is 0 Å². The van der Waals surface area contributed by atoms with E-state index in [1.54, 1.807) is 7.11 Å². The van der Waals surface area contributed by atoms with Gasteiger partial charge in [0.2, 0.25) is 0 Å². The molecular formula is C17H30N2O. The van der Waals surface area contributed by atoms with E-state index < -0.39 is 0 Å². The van der Waals surface area contributed by atoms with Gasteiger partial charge in [0.1, 0.15) is 0 Å². The molecule has 0 amide bonds. The predicted molar refractivity (Wildman–Crippen MR) is 87.4 cm³/mol. The Kier molecular flexibility index (Phi) is 7.63. The molecule has 1 aromatic carbocycles. The molecule has 0 aliphatic carbocycles. The molecule has 2 unspecified atom stereocenters. The van der Waals surface area contributed by atoms with Gasteiger partial charge in [-0.3, -0.25) is 0 Å². The van der Waals surface area contributed by atoms with Gasteiger partial charge in [0.05, 0.1) is 6.61 Å². The Balaban J connectivity index is 2.76. The lowest BCUT2D eigenvalue weighted by Crippen LogP contribution is -2.35. The molecule has 1 rings (SSSR count). The van der Waals surface area contributed by atoms with Crippen LogP contribution in [0.3, 0.4) is 0 Å². The van der Waals surface area contributed by atoms with Crippen molar-refractivity contribution in [2.75, 3.05) is 25.2 Å². The molecule has 3 heteroatoms. The van der Waals surface area contributed by atoms with Gasteiger partial charge in [0.25, 0.3) is 0 Å². The molecule has 0 spiro atoms. The molecule has 0 radical (unpaired) electrons. The summed E-state index contributed by atoms with van der Waals surface area (Å²) in [7, 11) is 1.75. The van der Waals surface area contributed by atoms with E-state index in [1.165, 1.54) is 11.3 Å². The Morgan fingerprint density at radius 2 is 1.80 bits per heavy atom. The van der Waals surface area contributed by atoms with E-state index in [0.29, 0.717) is 6.04 Å². The van der Waals surface area contributed by atoms with Crippen molar-refractivity contribution in [1.82, 2.24) is 0 Å². The number of hydrogen-bond acceptors (Lipinski definition) is 3. The van der Waals surface area contributed by atoms with Crippen molar-refractivity contribution in [3.8, 4) is 0 Å². The molecule has 0 aromatic heterocycles. The van der Waals surface area contributed by atoms with Crippen LogP contribution in [-0.4, -0.2) is 32.3 Å². The van der Waals surface area contributed by atoms with Gasteiger partial charge in [-0.15, -0.1) is 0 Å². The van der Waals surface area contributed by atoms with Gasteiger partial charge in [-0.05, 0) is 43.9 Å². The summed E-state index contributed by atoms with van der Waals surface area (Å²) in [5.41, 5.74) is 8.60. The second-order valence-corrected chi connectivity index (χ2v) is 5.48. The standard InChI is InChI=1S/C17H30N2O/c1-5-14(3)19(11-12-20-4)17-9-7-15(8-10-17)13-16(18)6-2/h7-10,14,16H,5-6,11-13,18H2,1-4H3. The van der Waals surface area contributed by atoms with Gasteiger partial charge in [0.15, 0.2) is 0 Å². The maximum Gasteiger partial charge on any atom is 0.0637 e. The topological polar surface area (TPSA) is 38.5 Å². The number of anilines is 1. The molecule has 114 valence electrons. The zero-order valence-electron chi connectivity index (χ0n) is 13.4. The first-order valence-corrected chi connectivity index (χ1v) is 7.72. The third kappa shape index (κ3) is 5.14. The van der Waals surface area contributed by atoms with Crippen LogP contribution in [0.5, 0.6) is 0 Å². The Morgan fingerprint density at radius 1 is 1.15 bits per heavy atom. The van der Waals surface area contributed by atoms with Crippen LogP contribution in [0, 0.1) is 0 Å². The number of benzene rings is 1. The highest BCUT2D eigenvalue weighted by atomic mass is 16.5. The summed E-state index contributed by atoms with van der Waals surface area (Å²) in [5.74, 6) is 0. The maximum atomic E-state index is 6.01. The van der Waals surface area contributed by atoms with Crippen LogP contribution in [0.1, 0.15) is 39.2 Å². The van der Waals surface area contributed by atoms with Crippen molar-refractivity contribution in [3.63, 3.8) is 0 Å². The van der Waals surface area contributed by atoms with E-state index in [1.807, 2.05) is 0 Å². The molecule has 0 aliphatic heterocycles. The molecule has 3 nitrogen and oxygen atoms in total. The first-order valence-electron chi connectivity index (χ1n) is 7.72. The number of ether oxygens (including phenoxy) is 1. The number of nitrogens with zero attached hydrogens (tertiary/aromatic N) is 1. The van der Waals surface area contributed by atoms with Crippen molar-refractivity contribution in [2.45, 2.75) is 52.1 Å². The molecule has 0 saturated carbocycles. The molecular weight excluding hydrogens is 248 g/mol. The van der Waals surface area contributed by atoms with Crippen molar-refractivity contribution < 1.29 is 4.74 Å². The van der Waals surface area contributed by atoms with E-state index >= 15 is 0 Å². The van der Waals surface area contributed by atoms with E-state index in [-0.39, 0.29) is 6.04 Å². The molecule has 2 atom stereocenters. The Bertz CT molecular complexity index is 364. The molecule has 1 aromatic rings. The van der Waals surface area contributed by atoms with Crippen LogP contribution in [0.15, 0.2) is 24.3 Å². The van der Waals surface area contributed by atoms with Crippen LogP contribution in [0.4, 0.5) is 5.69 Å². The highest BCUT2D eigenvalue weighted by Crippen LogP contribution is 2.20. The third-order valence-electron chi connectivity index (χ3n) is 3.95. The lowest BCUT2D eigenvalue weighted by atomic mass is 10.0. The summed E-state index contributed by atoms with van der Waals surface area (Å²) in [4.78, 5) is 2.41. The molecule has 0 bridgehead atoms. The van der Waals surface area contributed by atoms with Crippen LogP contribution in [-0.2, 0) is 11.2 Å². The summed E-state index contributed by atoms with van der Waals surface area (Å²) >= 11 is 0. The third-order valence-corrected chi connectivity index (χ3v) is 3.95. The molecule has 0 fully saturated rings. The molecule has 0 saturated heterocycles. The van der Waals surface area contributed by atoms with Gasteiger partial charge in [0, 0.05) is 31.4 Å². The number of rotatable bonds is 9. The second kappa shape index (κ2) is 8.98.